The highest BCUT2D eigenvalue weighted by Crippen LogP contribution is 2.32. The summed E-state index contributed by atoms with van der Waals surface area (Å²) >= 11 is 0. The Balaban J connectivity index is 2.34. The van der Waals surface area contributed by atoms with Gasteiger partial charge >= 0.3 is 11.7 Å². The number of hydrogen-bond acceptors (Lipinski definition) is 5. The van der Waals surface area contributed by atoms with Gasteiger partial charge in [-0.15, -0.1) is 0 Å². The van der Waals surface area contributed by atoms with Crippen molar-refractivity contribution in [1.29, 1.82) is 0 Å². The number of carbonyl (C=O) groups is 1. The SMILES string of the molecule is COC(=O)c1cccc(Oc2ccc(C)cc2[N+](=O)[O-])c1. The summed E-state index contributed by atoms with van der Waals surface area (Å²) in [5, 5.41) is 11.0. The Labute approximate surface area is 121 Å². The Kier molecular flexibility index (Phi) is 4.18. The minimum Gasteiger partial charge on any atom is -0.465 e. The summed E-state index contributed by atoms with van der Waals surface area (Å²) in [7, 11) is 1.28. The van der Waals surface area contributed by atoms with E-state index in [0.29, 0.717) is 11.3 Å². The maximum atomic E-state index is 11.5. The quantitative estimate of drug-likeness (QED) is 0.488. The number of methoxy groups -OCH3 is 1. The Hall–Kier alpha value is -2.89. The number of nitro benzene ring substituents is 1. The third-order valence-corrected chi connectivity index (χ3v) is 2.79. The average molecular weight is 287 g/mol. The zero-order valence-corrected chi connectivity index (χ0v) is 11.5. The van der Waals surface area contributed by atoms with Gasteiger partial charge in [-0.2, -0.15) is 0 Å². The standard InChI is InChI=1S/C15H13NO5/c1-10-6-7-14(13(8-10)16(18)19)21-12-5-3-4-11(9-12)15(17)20-2/h3-9H,1-2H3. The normalized spacial score (nSPS) is 10.0. The summed E-state index contributed by atoms with van der Waals surface area (Å²) in [4.78, 5) is 22.0. The Morgan fingerprint density at radius 2 is 1.95 bits per heavy atom. The Bertz CT molecular complexity index is 696. The molecule has 2 rings (SSSR count). The highest BCUT2D eigenvalue weighted by molar-refractivity contribution is 5.89. The van der Waals surface area contributed by atoms with E-state index in [4.69, 9.17) is 4.74 Å². The fraction of sp³-hybridized carbons (Fsp3) is 0.133. The van der Waals surface area contributed by atoms with Crippen LogP contribution in [0.25, 0.3) is 0 Å². The first-order valence-corrected chi connectivity index (χ1v) is 6.12. The van der Waals surface area contributed by atoms with Crippen molar-refractivity contribution < 1.29 is 19.2 Å². The average Bonchev–Trinajstić information content (AvgIpc) is 2.48. The van der Waals surface area contributed by atoms with Crippen LogP contribution in [0.15, 0.2) is 42.5 Å². The first-order chi connectivity index (χ1) is 10.0. The molecule has 0 aliphatic carbocycles. The molecule has 0 N–H and O–H groups in total. The molecule has 2 aromatic carbocycles. The van der Waals surface area contributed by atoms with Gasteiger partial charge in [0.05, 0.1) is 17.6 Å². The summed E-state index contributed by atoms with van der Waals surface area (Å²) < 4.78 is 10.1. The smallest absolute Gasteiger partial charge is 0.337 e. The first kappa shape index (κ1) is 14.5. The van der Waals surface area contributed by atoms with Gasteiger partial charge in [0.2, 0.25) is 5.75 Å². The van der Waals surface area contributed by atoms with Crippen LogP contribution >= 0.6 is 0 Å². The van der Waals surface area contributed by atoms with Gasteiger partial charge in [0.15, 0.2) is 0 Å². The maximum Gasteiger partial charge on any atom is 0.337 e. The predicted octanol–water partition coefficient (Wildman–Crippen LogP) is 3.48. The van der Waals surface area contributed by atoms with Crippen molar-refractivity contribution in [3.63, 3.8) is 0 Å². The van der Waals surface area contributed by atoms with Crippen molar-refractivity contribution in [2.75, 3.05) is 7.11 Å². The van der Waals surface area contributed by atoms with E-state index < -0.39 is 10.9 Å². The van der Waals surface area contributed by atoms with Crippen LogP contribution in [0.4, 0.5) is 5.69 Å². The summed E-state index contributed by atoms with van der Waals surface area (Å²) in [6, 6.07) is 10.9. The van der Waals surface area contributed by atoms with E-state index in [-0.39, 0.29) is 11.4 Å². The van der Waals surface area contributed by atoms with Crippen molar-refractivity contribution in [2.45, 2.75) is 6.92 Å². The number of esters is 1. The molecule has 108 valence electrons. The lowest BCUT2D eigenvalue weighted by atomic mass is 10.2. The summed E-state index contributed by atoms with van der Waals surface area (Å²) in [5.41, 5.74) is 0.945. The van der Waals surface area contributed by atoms with Crippen LogP contribution in [-0.4, -0.2) is 18.0 Å². The second-order valence-electron chi connectivity index (χ2n) is 4.35. The number of hydrogen-bond donors (Lipinski definition) is 0. The molecule has 21 heavy (non-hydrogen) atoms. The largest absolute Gasteiger partial charge is 0.465 e. The molecule has 0 saturated heterocycles. The second kappa shape index (κ2) is 6.04. The molecule has 0 aliphatic rings. The molecule has 2 aromatic rings. The summed E-state index contributed by atoms with van der Waals surface area (Å²) in [5.74, 6) is -0.0590. The van der Waals surface area contributed by atoms with Crippen LogP contribution < -0.4 is 4.74 Å². The molecule has 0 atom stereocenters. The minimum absolute atomic E-state index is 0.118. The number of benzene rings is 2. The zero-order valence-electron chi connectivity index (χ0n) is 11.5. The molecule has 0 saturated carbocycles. The third kappa shape index (κ3) is 3.36. The number of rotatable bonds is 4. The molecule has 0 aromatic heterocycles. The molecule has 0 fully saturated rings. The van der Waals surface area contributed by atoms with Gasteiger partial charge < -0.3 is 9.47 Å². The topological polar surface area (TPSA) is 78.7 Å². The van der Waals surface area contributed by atoms with Crippen LogP contribution in [0, 0.1) is 17.0 Å². The lowest BCUT2D eigenvalue weighted by Gasteiger charge is -2.08. The van der Waals surface area contributed by atoms with Gasteiger partial charge in [-0.3, -0.25) is 10.1 Å². The molecule has 6 heteroatoms. The highest BCUT2D eigenvalue weighted by atomic mass is 16.6. The fourth-order valence-electron chi connectivity index (χ4n) is 1.79. The van der Waals surface area contributed by atoms with Crippen molar-refractivity contribution >= 4 is 11.7 Å². The molecule has 0 radical (unpaired) electrons. The third-order valence-electron chi connectivity index (χ3n) is 2.79. The van der Waals surface area contributed by atoms with Crippen molar-refractivity contribution in [1.82, 2.24) is 0 Å². The van der Waals surface area contributed by atoms with E-state index in [1.165, 1.54) is 25.3 Å². The molecule has 0 aliphatic heterocycles. The molecule has 0 bridgehead atoms. The van der Waals surface area contributed by atoms with Crippen molar-refractivity contribution in [3.05, 3.63) is 63.7 Å². The van der Waals surface area contributed by atoms with E-state index in [1.54, 1.807) is 31.2 Å². The summed E-state index contributed by atoms with van der Waals surface area (Å²) in [6.45, 7) is 1.76. The van der Waals surface area contributed by atoms with Crippen LogP contribution in [-0.2, 0) is 4.74 Å². The van der Waals surface area contributed by atoms with Gasteiger partial charge in [-0.1, -0.05) is 12.1 Å². The number of aryl methyl sites for hydroxylation is 1. The van der Waals surface area contributed by atoms with E-state index in [0.717, 1.165) is 5.56 Å². The Morgan fingerprint density at radius 3 is 2.62 bits per heavy atom. The van der Waals surface area contributed by atoms with Crippen LogP contribution in [0.2, 0.25) is 0 Å². The molecule has 0 unspecified atom stereocenters. The van der Waals surface area contributed by atoms with Crippen LogP contribution in [0.3, 0.4) is 0 Å². The lowest BCUT2D eigenvalue weighted by Crippen LogP contribution is -2.01. The van der Waals surface area contributed by atoms with E-state index in [2.05, 4.69) is 4.74 Å². The lowest BCUT2D eigenvalue weighted by molar-refractivity contribution is -0.385. The summed E-state index contributed by atoms with van der Waals surface area (Å²) in [6.07, 6.45) is 0. The predicted molar refractivity (Wildman–Crippen MR) is 75.7 cm³/mol. The van der Waals surface area contributed by atoms with Gasteiger partial charge in [0.1, 0.15) is 5.75 Å². The van der Waals surface area contributed by atoms with Gasteiger partial charge in [-0.25, -0.2) is 4.79 Å². The van der Waals surface area contributed by atoms with Gasteiger partial charge in [-0.05, 0) is 36.8 Å². The number of nitro groups is 1. The molecule has 6 nitrogen and oxygen atoms in total. The molecular formula is C15H13NO5. The minimum atomic E-state index is -0.507. The first-order valence-electron chi connectivity index (χ1n) is 6.12. The number of nitrogens with zero attached hydrogens (tertiary/aromatic N) is 1. The molecule has 0 amide bonds. The van der Waals surface area contributed by atoms with Crippen LogP contribution in [0.5, 0.6) is 11.5 Å². The van der Waals surface area contributed by atoms with E-state index >= 15 is 0 Å². The van der Waals surface area contributed by atoms with Gasteiger partial charge in [0, 0.05) is 6.07 Å². The van der Waals surface area contributed by atoms with E-state index in [1.807, 2.05) is 0 Å². The molecule has 0 heterocycles. The van der Waals surface area contributed by atoms with Gasteiger partial charge in [0.25, 0.3) is 0 Å². The Morgan fingerprint density at radius 1 is 1.19 bits per heavy atom. The fourth-order valence-corrected chi connectivity index (χ4v) is 1.79. The maximum absolute atomic E-state index is 11.5. The zero-order chi connectivity index (χ0) is 15.4. The van der Waals surface area contributed by atoms with E-state index in [9.17, 15) is 14.9 Å². The molecule has 0 spiro atoms. The number of ether oxygens (including phenoxy) is 2. The van der Waals surface area contributed by atoms with Crippen molar-refractivity contribution in [2.24, 2.45) is 0 Å². The number of carbonyl (C=O) groups excluding carboxylic acids is 1. The highest BCUT2D eigenvalue weighted by Gasteiger charge is 2.16. The second-order valence-corrected chi connectivity index (χ2v) is 4.35. The van der Waals surface area contributed by atoms with Crippen LogP contribution in [0.1, 0.15) is 15.9 Å². The monoisotopic (exact) mass is 287 g/mol. The molecular weight excluding hydrogens is 274 g/mol. The van der Waals surface area contributed by atoms with Crippen molar-refractivity contribution in [3.8, 4) is 11.5 Å².